The highest BCUT2D eigenvalue weighted by molar-refractivity contribution is 8.00. The molecule has 3 heteroatoms. The highest BCUT2D eigenvalue weighted by Gasteiger charge is 2.24. The summed E-state index contributed by atoms with van der Waals surface area (Å²) in [6.45, 7) is 6.48. The van der Waals surface area contributed by atoms with Gasteiger partial charge in [-0.3, -0.25) is 4.79 Å². The maximum atomic E-state index is 11.4. The van der Waals surface area contributed by atoms with Crippen molar-refractivity contribution in [1.82, 2.24) is 0 Å². The first kappa shape index (κ1) is 10.6. The molecule has 0 aromatic heterocycles. The summed E-state index contributed by atoms with van der Waals surface area (Å²) in [6.07, 6.45) is 0. The van der Waals surface area contributed by atoms with E-state index in [1.807, 2.05) is 0 Å². The van der Waals surface area contributed by atoms with Crippen molar-refractivity contribution in [2.75, 3.05) is 11.1 Å². The number of carbonyl (C=O) groups excluding carboxylic acids is 1. The lowest BCUT2D eigenvalue weighted by Crippen LogP contribution is -2.23. The fourth-order valence-electron chi connectivity index (χ4n) is 1.72. The van der Waals surface area contributed by atoms with Crippen LogP contribution in [0.25, 0.3) is 0 Å². The first-order valence-corrected chi connectivity index (χ1v) is 6.03. The highest BCUT2D eigenvalue weighted by Crippen LogP contribution is 2.39. The van der Waals surface area contributed by atoms with Crippen LogP contribution in [0.15, 0.2) is 23.1 Å². The Morgan fingerprint density at radius 2 is 2.07 bits per heavy atom. The summed E-state index contributed by atoms with van der Waals surface area (Å²) in [5.74, 6) is 0.629. The first-order chi connectivity index (χ1) is 6.98. The van der Waals surface area contributed by atoms with Crippen LogP contribution < -0.4 is 5.32 Å². The fraction of sp³-hybridized carbons (Fsp3) is 0.417. The van der Waals surface area contributed by atoms with Crippen LogP contribution in [-0.4, -0.2) is 11.7 Å². The van der Waals surface area contributed by atoms with Crippen molar-refractivity contribution in [3.63, 3.8) is 0 Å². The van der Waals surface area contributed by atoms with Gasteiger partial charge in [0.15, 0.2) is 0 Å². The van der Waals surface area contributed by atoms with Gasteiger partial charge in [-0.1, -0.05) is 32.9 Å². The molecule has 0 radical (unpaired) electrons. The second-order valence-corrected chi connectivity index (χ2v) is 5.78. The Balaban J connectivity index is 2.53. The van der Waals surface area contributed by atoms with E-state index in [1.54, 1.807) is 11.8 Å². The molecule has 1 N–H and O–H groups in total. The molecule has 80 valence electrons. The van der Waals surface area contributed by atoms with Gasteiger partial charge in [-0.2, -0.15) is 0 Å². The topological polar surface area (TPSA) is 29.1 Å². The standard InChI is InChI=1S/C12H15NOS/c1-12(2,3)8-5-4-6-9-11(8)13-10(14)7-15-9/h4-6H,7H2,1-3H3,(H,13,14). The van der Waals surface area contributed by atoms with Crippen molar-refractivity contribution in [1.29, 1.82) is 0 Å². The first-order valence-electron chi connectivity index (χ1n) is 5.04. The summed E-state index contributed by atoms with van der Waals surface area (Å²) in [7, 11) is 0. The lowest BCUT2D eigenvalue weighted by atomic mass is 9.85. The largest absolute Gasteiger partial charge is 0.324 e. The zero-order valence-corrected chi connectivity index (χ0v) is 10.1. The van der Waals surface area contributed by atoms with E-state index in [1.165, 1.54) is 10.5 Å². The Hall–Kier alpha value is -0.960. The number of anilines is 1. The minimum Gasteiger partial charge on any atom is -0.324 e. The van der Waals surface area contributed by atoms with Crippen LogP contribution in [0.4, 0.5) is 5.69 Å². The number of carbonyl (C=O) groups is 1. The average Bonchev–Trinajstić information content (AvgIpc) is 2.15. The van der Waals surface area contributed by atoms with Gasteiger partial charge in [0.25, 0.3) is 0 Å². The molecule has 0 fully saturated rings. The van der Waals surface area contributed by atoms with Crippen LogP contribution in [-0.2, 0) is 10.2 Å². The molecule has 2 rings (SSSR count). The maximum Gasteiger partial charge on any atom is 0.234 e. The van der Waals surface area contributed by atoms with Gasteiger partial charge in [-0.15, -0.1) is 11.8 Å². The quantitative estimate of drug-likeness (QED) is 0.729. The smallest absolute Gasteiger partial charge is 0.234 e. The van der Waals surface area contributed by atoms with Gasteiger partial charge in [0.05, 0.1) is 11.4 Å². The number of benzene rings is 1. The van der Waals surface area contributed by atoms with Gasteiger partial charge in [0, 0.05) is 4.90 Å². The van der Waals surface area contributed by atoms with E-state index in [0.29, 0.717) is 5.75 Å². The van der Waals surface area contributed by atoms with Crippen LogP contribution >= 0.6 is 11.8 Å². The summed E-state index contributed by atoms with van der Waals surface area (Å²) in [4.78, 5) is 12.6. The molecule has 2 nitrogen and oxygen atoms in total. The van der Waals surface area contributed by atoms with E-state index in [-0.39, 0.29) is 11.3 Å². The van der Waals surface area contributed by atoms with Crippen molar-refractivity contribution in [3.8, 4) is 0 Å². The molecule has 1 aliphatic rings. The van der Waals surface area contributed by atoms with Crippen LogP contribution in [0.2, 0.25) is 0 Å². The Morgan fingerprint density at radius 3 is 2.73 bits per heavy atom. The predicted molar refractivity (Wildman–Crippen MR) is 64.5 cm³/mol. The molecule has 0 aliphatic carbocycles. The predicted octanol–water partition coefficient (Wildman–Crippen LogP) is 3.03. The molecular weight excluding hydrogens is 206 g/mol. The molecule has 0 bridgehead atoms. The van der Waals surface area contributed by atoms with Crippen LogP contribution in [0, 0.1) is 0 Å². The third kappa shape index (κ3) is 2.02. The molecule has 0 saturated heterocycles. The van der Waals surface area contributed by atoms with Crippen molar-refractivity contribution < 1.29 is 4.79 Å². The van der Waals surface area contributed by atoms with E-state index in [0.717, 1.165) is 5.69 Å². The molecule has 15 heavy (non-hydrogen) atoms. The molecule has 1 aliphatic heterocycles. The highest BCUT2D eigenvalue weighted by atomic mass is 32.2. The van der Waals surface area contributed by atoms with Crippen LogP contribution in [0.1, 0.15) is 26.3 Å². The number of hydrogen-bond acceptors (Lipinski definition) is 2. The number of nitrogens with one attached hydrogen (secondary N) is 1. The average molecular weight is 221 g/mol. The summed E-state index contributed by atoms with van der Waals surface area (Å²) >= 11 is 1.62. The lowest BCUT2D eigenvalue weighted by Gasteiger charge is -2.27. The molecule has 0 atom stereocenters. The molecule has 0 spiro atoms. The number of amides is 1. The van der Waals surface area contributed by atoms with Crippen molar-refractivity contribution in [2.45, 2.75) is 31.1 Å². The minimum atomic E-state index is 0.0660. The molecule has 1 aromatic carbocycles. The third-order valence-corrected chi connectivity index (χ3v) is 3.52. The number of fused-ring (bicyclic) bond motifs is 1. The van der Waals surface area contributed by atoms with E-state index in [2.05, 4.69) is 44.3 Å². The molecule has 1 heterocycles. The molecule has 0 unspecified atom stereocenters. The monoisotopic (exact) mass is 221 g/mol. The minimum absolute atomic E-state index is 0.0660. The van der Waals surface area contributed by atoms with E-state index >= 15 is 0 Å². The van der Waals surface area contributed by atoms with E-state index in [4.69, 9.17) is 0 Å². The number of hydrogen-bond donors (Lipinski definition) is 1. The zero-order chi connectivity index (χ0) is 11.1. The summed E-state index contributed by atoms with van der Waals surface area (Å²) in [5.41, 5.74) is 2.28. The van der Waals surface area contributed by atoms with Crippen molar-refractivity contribution in [3.05, 3.63) is 23.8 Å². The van der Waals surface area contributed by atoms with Crippen molar-refractivity contribution in [2.24, 2.45) is 0 Å². The zero-order valence-electron chi connectivity index (χ0n) is 9.26. The molecular formula is C12H15NOS. The second kappa shape index (κ2) is 3.56. The SMILES string of the molecule is CC(C)(C)c1cccc2c1NC(=O)CS2. The molecule has 0 saturated carbocycles. The van der Waals surface area contributed by atoms with Crippen LogP contribution in [0.3, 0.4) is 0 Å². The van der Waals surface area contributed by atoms with Gasteiger partial charge in [-0.05, 0) is 17.0 Å². The number of rotatable bonds is 0. The molecule has 1 aromatic rings. The number of para-hydroxylation sites is 1. The fourth-order valence-corrected chi connectivity index (χ4v) is 2.56. The van der Waals surface area contributed by atoms with Gasteiger partial charge >= 0.3 is 0 Å². The summed E-state index contributed by atoms with van der Waals surface area (Å²) in [6, 6.07) is 6.21. The Kier molecular flexibility index (Phi) is 2.51. The van der Waals surface area contributed by atoms with Gasteiger partial charge < -0.3 is 5.32 Å². The Morgan fingerprint density at radius 1 is 1.33 bits per heavy atom. The normalized spacial score (nSPS) is 15.8. The Labute approximate surface area is 94.4 Å². The number of thioether (sulfide) groups is 1. The summed E-state index contributed by atoms with van der Waals surface area (Å²) in [5, 5.41) is 2.98. The lowest BCUT2D eigenvalue weighted by molar-refractivity contribution is -0.113. The van der Waals surface area contributed by atoms with E-state index < -0.39 is 0 Å². The summed E-state index contributed by atoms with van der Waals surface area (Å²) < 4.78 is 0. The van der Waals surface area contributed by atoms with Gasteiger partial charge in [-0.25, -0.2) is 0 Å². The van der Waals surface area contributed by atoms with E-state index in [9.17, 15) is 4.79 Å². The van der Waals surface area contributed by atoms with Gasteiger partial charge in [0.1, 0.15) is 0 Å². The van der Waals surface area contributed by atoms with Crippen molar-refractivity contribution >= 4 is 23.4 Å². The third-order valence-electron chi connectivity index (χ3n) is 2.46. The molecule has 1 amide bonds. The maximum absolute atomic E-state index is 11.4. The second-order valence-electron chi connectivity index (χ2n) is 4.77. The van der Waals surface area contributed by atoms with Crippen LogP contribution in [0.5, 0.6) is 0 Å². The Bertz CT molecular complexity index is 407. The van der Waals surface area contributed by atoms with Gasteiger partial charge in [0.2, 0.25) is 5.91 Å².